The number of rotatable bonds is 6. The zero-order valence-electron chi connectivity index (χ0n) is 15.8. The van der Waals surface area contributed by atoms with E-state index in [1.807, 2.05) is 29.9 Å². The van der Waals surface area contributed by atoms with Crippen LogP contribution in [0.15, 0.2) is 30.5 Å². The van der Waals surface area contributed by atoms with Crippen LogP contribution in [0.4, 0.5) is 0 Å². The van der Waals surface area contributed by atoms with Crippen molar-refractivity contribution in [2.45, 2.75) is 65.0 Å². The molecule has 5 nitrogen and oxygen atoms in total. The second kappa shape index (κ2) is 8.39. The molecule has 0 bridgehead atoms. The maximum atomic E-state index is 13.1. The molecule has 1 aromatic carbocycles. The Morgan fingerprint density at radius 1 is 1.27 bits per heavy atom. The lowest BCUT2D eigenvalue weighted by molar-refractivity contribution is 0.0601. The van der Waals surface area contributed by atoms with Crippen molar-refractivity contribution in [1.29, 1.82) is 0 Å². The molecule has 0 aliphatic carbocycles. The first kappa shape index (κ1) is 18.5. The molecule has 26 heavy (non-hydrogen) atoms. The molecule has 1 atom stereocenters. The van der Waals surface area contributed by atoms with Gasteiger partial charge < -0.3 is 10.0 Å². The first-order chi connectivity index (χ1) is 12.6. The summed E-state index contributed by atoms with van der Waals surface area (Å²) in [5.74, 6) is 0.419. The molecular weight excluding hydrogens is 326 g/mol. The highest BCUT2D eigenvalue weighted by molar-refractivity contribution is 5.95. The number of amides is 1. The van der Waals surface area contributed by atoms with Gasteiger partial charge in [0.05, 0.1) is 11.3 Å². The SMILES string of the molecule is CCCn1cc(C(=O)N2CCCC[C@@H]2CCc2ccc(O)cc2)c(C)n1. The molecule has 2 aromatic rings. The molecule has 1 amide bonds. The molecule has 1 aromatic heterocycles. The number of phenolic OH excluding ortho intramolecular Hbond substituents is 1. The molecule has 5 heteroatoms. The second-order valence-corrected chi connectivity index (χ2v) is 7.24. The van der Waals surface area contributed by atoms with Crippen molar-refractivity contribution < 1.29 is 9.90 Å². The molecule has 0 saturated carbocycles. The smallest absolute Gasteiger partial charge is 0.257 e. The maximum absolute atomic E-state index is 13.1. The van der Waals surface area contributed by atoms with E-state index in [-0.39, 0.29) is 11.9 Å². The summed E-state index contributed by atoms with van der Waals surface area (Å²) in [6.45, 7) is 5.72. The minimum absolute atomic E-state index is 0.125. The molecule has 2 heterocycles. The number of benzene rings is 1. The Balaban J connectivity index is 1.69. The van der Waals surface area contributed by atoms with E-state index in [0.717, 1.165) is 56.5 Å². The Bertz CT molecular complexity index is 736. The normalized spacial score (nSPS) is 17.5. The number of carbonyl (C=O) groups is 1. The van der Waals surface area contributed by atoms with Crippen molar-refractivity contribution in [1.82, 2.24) is 14.7 Å². The summed E-state index contributed by atoms with van der Waals surface area (Å²) in [4.78, 5) is 15.2. The fourth-order valence-corrected chi connectivity index (χ4v) is 3.79. The van der Waals surface area contributed by atoms with E-state index in [2.05, 4.69) is 16.9 Å². The molecule has 140 valence electrons. The zero-order chi connectivity index (χ0) is 18.5. The highest BCUT2D eigenvalue weighted by Gasteiger charge is 2.29. The van der Waals surface area contributed by atoms with Crippen molar-refractivity contribution >= 4 is 5.91 Å². The van der Waals surface area contributed by atoms with Crippen LogP contribution in [-0.2, 0) is 13.0 Å². The van der Waals surface area contributed by atoms with Crippen molar-refractivity contribution in [3.8, 4) is 5.75 Å². The number of hydrogen-bond acceptors (Lipinski definition) is 3. The summed E-state index contributed by atoms with van der Waals surface area (Å²) in [6, 6.07) is 7.65. The van der Waals surface area contributed by atoms with E-state index in [4.69, 9.17) is 0 Å². The van der Waals surface area contributed by atoms with Gasteiger partial charge in [0.25, 0.3) is 5.91 Å². The topological polar surface area (TPSA) is 58.4 Å². The van der Waals surface area contributed by atoms with E-state index in [1.165, 1.54) is 12.0 Å². The number of aryl methyl sites for hydroxylation is 3. The molecule has 1 saturated heterocycles. The lowest BCUT2D eigenvalue weighted by Gasteiger charge is -2.36. The van der Waals surface area contributed by atoms with Gasteiger partial charge in [0.1, 0.15) is 5.75 Å². The standard InChI is InChI=1S/C21H29N3O2/c1-3-13-23-15-20(16(2)22-23)21(26)24-14-5-4-6-18(24)10-7-17-8-11-19(25)12-9-17/h8-9,11-12,15,18,25H,3-7,10,13-14H2,1-2H3/t18-/m1/s1. The molecule has 1 N–H and O–H groups in total. The third kappa shape index (κ3) is 4.26. The van der Waals surface area contributed by atoms with Gasteiger partial charge in [-0.1, -0.05) is 19.1 Å². The van der Waals surface area contributed by atoms with E-state index in [0.29, 0.717) is 5.75 Å². The van der Waals surface area contributed by atoms with Crippen molar-refractivity contribution in [2.24, 2.45) is 0 Å². The van der Waals surface area contributed by atoms with Crippen LogP contribution in [0, 0.1) is 6.92 Å². The van der Waals surface area contributed by atoms with Crippen molar-refractivity contribution in [3.63, 3.8) is 0 Å². The van der Waals surface area contributed by atoms with Crippen LogP contribution in [0.5, 0.6) is 5.75 Å². The lowest BCUT2D eigenvalue weighted by Crippen LogP contribution is -2.44. The summed E-state index contributed by atoms with van der Waals surface area (Å²) >= 11 is 0. The Morgan fingerprint density at radius 2 is 2.04 bits per heavy atom. The predicted molar refractivity (Wildman–Crippen MR) is 102 cm³/mol. The van der Waals surface area contributed by atoms with Crippen LogP contribution in [-0.4, -0.2) is 38.3 Å². The first-order valence-electron chi connectivity index (χ1n) is 9.71. The van der Waals surface area contributed by atoms with Crippen molar-refractivity contribution in [2.75, 3.05) is 6.54 Å². The molecule has 1 fully saturated rings. The number of nitrogens with zero attached hydrogens (tertiary/aromatic N) is 3. The molecule has 3 rings (SSSR count). The Morgan fingerprint density at radius 3 is 2.77 bits per heavy atom. The number of aromatic hydroxyl groups is 1. The van der Waals surface area contributed by atoms with Gasteiger partial charge >= 0.3 is 0 Å². The highest BCUT2D eigenvalue weighted by atomic mass is 16.3. The Labute approximate surface area is 155 Å². The Hall–Kier alpha value is -2.30. The minimum atomic E-state index is 0.125. The van der Waals surface area contributed by atoms with E-state index in [1.54, 1.807) is 12.1 Å². The monoisotopic (exact) mass is 355 g/mol. The molecular formula is C21H29N3O2. The quantitative estimate of drug-likeness (QED) is 0.854. The summed E-state index contributed by atoms with van der Waals surface area (Å²) < 4.78 is 1.89. The number of aromatic nitrogens is 2. The van der Waals surface area contributed by atoms with Gasteiger partial charge in [-0.2, -0.15) is 5.10 Å². The number of piperidine rings is 1. The molecule has 0 radical (unpaired) electrons. The number of likely N-dealkylation sites (tertiary alicyclic amines) is 1. The third-order valence-electron chi connectivity index (χ3n) is 5.22. The maximum Gasteiger partial charge on any atom is 0.257 e. The predicted octanol–water partition coefficient (Wildman–Crippen LogP) is 3.93. The van der Waals surface area contributed by atoms with Gasteiger partial charge in [-0.15, -0.1) is 0 Å². The Kier molecular flexibility index (Phi) is 5.96. The van der Waals surface area contributed by atoms with Crippen LogP contribution in [0.2, 0.25) is 0 Å². The van der Waals surface area contributed by atoms with E-state index in [9.17, 15) is 9.90 Å². The van der Waals surface area contributed by atoms with Gasteiger partial charge in [-0.3, -0.25) is 9.48 Å². The first-order valence-corrected chi connectivity index (χ1v) is 9.71. The van der Waals surface area contributed by atoms with Crippen LogP contribution >= 0.6 is 0 Å². The number of phenols is 1. The number of carbonyl (C=O) groups excluding carboxylic acids is 1. The molecule has 1 aliphatic rings. The summed E-state index contributed by atoms with van der Waals surface area (Å²) in [5.41, 5.74) is 2.77. The van der Waals surface area contributed by atoms with Gasteiger partial charge in [-0.05, 0) is 63.1 Å². The summed E-state index contributed by atoms with van der Waals surface area (Å²) in [5, 5.41) is 13.9. The van der Waals surface area contributed by atoms with Crippen LogP contribution in [0.25, 0.3) is 0 Å². The largest absolute Gasteiger partial charge is 0.508 e. The van der Waals surface area contributed by atoms with Crippen LogP contribution < -0.4 is 0 Å². The lowest BCUT2D eigenvalue weighted by atomic mass is 9.95. The van der Waals surface area contributed by atoms with Crippen molar-refractivity contribution in [3.05, 3.63) is 47.3 Å². The zero-order valence-corrected chi connectivity index (χ0v) is 15.8. The van der Waals surface area contributed by atoms with Gasteiger partial charge in [-0.25, -0.2) is 0 Å². The highest BCUT2D eigenvalue weighted by Crippen LogP contribution is 2.24. The molecule has 0 unspecified atom stereocenters. The fraction of sp³-hybridized carbons (Fsp3) is 0.524. The second-order valence-electron chi connectivity index (χ2n) is 7.24. The van der Waals surface area contributed by atoms with E-state index >= 15 is 0 Å². The number of hydrogen-bond donors (Lipinski definition) is 1. The van der Waals surface area contributed by atoms with Gasteiger partial charge in [0, 0.05) is 25.3 Å². The third-order valence-corrected chi connectivity index (χ3v) is 5.22. The van der Waals surface area contributed by atoms with E-state index < -0.39 is 0 Å². The average Bonchev–Trinajstić information content (AvgIpc) is 3.01. The average molecular weight is 355 g/mol. The fourth-order valence-electron chi connectivity index (χ4n) is 3.79. The summed E-state index contributed by atoms with van der Waals surface area (Å²) in [7, 11) is 0. The van der Waals surface area contributed by atoms with Gasteiger partial charge in [0.15, 0.2) is 0 Å². The minimum Gasteiger partial charge on any atom is -0.508 e. The molecule has 0 spiro atoms. The van der Waals surface area contributed by atoms with Gasteiger partial charge in [0.2, 0.25) is 0 Å². The van der Waals surface area contributed by atoms with Crippen LogP contribution in [0.3, 0.4) is 0 Å². The summed E-state index contributed by atoms with van der Waals surface area (Å²) in [6.07, 6.45) is 8.11. The molecule has 1 aliphatic heterocycles. The van der Waals surface area contributed by atoms with Crippen LogP contribution in [0.1, 0.15) is 60.6 Å².